The first kappa shape index (κ1) is 13.6. The van der Waals surface area contributed by atoms with Gasteiger partial charge in [0, 0.05) is 12.1 Å². The number of hydrogen-bond acceptors (Lipinski definition) is 1. The van der Waals surface area contributed by atoms with Crippen LogP contribution in [-0.4, -0.2) is 12.1 Å². The molecule has 1 nitrogen and oxygen atoms in total. The van der Waals surface area contributed by atoms with Crippen LogP contribution in [0.5, 0.6) is 0 Å². The second-order valence-electron chi connectivity index (χ2n) is 6.17. The normalized spacial score (nSPS) is 30.1. The lowest BCUT2D eigenvalue weighted by molar-refractivity contribution is 0.195. The Kier molecular flexibility index (Phi) is 4.82. The molecule has 1 aromatic rings. The van der Waals surface area contributed by atoms with Gasteiger partial charge in [0.2, 0.25) is 0 Å². The van der Waals surface area contributed by atoms with Crippen molar-refractivity contribution in [2.24, 2.45) is 11.8 Å². The van der Waals surface area contributed by atoms with Crippen molar-refractivity contribution in [2.45, 2.75) is 58.5 Å². The molecule has 1 aliphatic carbocycles. The summed E-state index contributed by atoms with van der Waals surface area (Å²) in [4.78, 5) is 0. The third-order valence-corrected chi connectivity index (χ3v) is 4.41. The maximum atomic E-state index is 3.87. The van der Waals surface area contributed by atoms with Gasteiger partial charge in [0.1, 0.15) is 0 Å². The predicted molar refractivity (Wildman–Crippen MR) is 78.7 cm³/mol. The summed E-state index contributed by atoms with van der Waals surface area (Å²) < 4.78 is 0. The summed E-state index contributed by atoms with van der Waals surface area (Å²) in [5.74, 6) is 1.65. The SMILES string of the molecule is CC(Cc1ccccc1)NC1C(C)CCCC1C. The van der Waals surface area contributed by atoms with Gasteiger partial charge < -0.3 is 5.32 Å². The van der Waals surface area contributed by atoms with Crippen molar-refractivity contribution in [1.82, 2.24) is 5.32 Å². The van der Waals surface area contributed by atoms with E-state index in [0.717, 1.165) is 18.3 Å². The highest BCUT2D eigenvalue weighted by atomic mass is 15.0. The van der Waals surface area contributed by atoms with Crippen molar-refractivity contribution < 1.29 is 0 Å². The molecule has 1 saturated carbocycles. The summed E-state index contributed by atoms with van der Waals surface area (Å²) in [6.07, 6.45) is 5.32. The van der Waals surface area contributed by atoms with Crippen molar-refractivity contribution in [3.63, 3.8) is 0 Å². The van der Waals surface area contributed by atoms with Gasteiger partial charge >= 0.3 is 0 Å². The zero-order valence-corrected chi connectivity index (χ0v) is 12.0. The third-order valence-electron chi connectivity index (χ3n) is 4.41. The average molecular weight is 245 g/mol. The van der Waals surface area contributed by atoms with Crippen LogP contribution >= 0.6 is 0 Å². The van der Waals surface area contributed by atoms with Crippen molar-refractivity contribution in [2.75, 3.05) is 0 Å². The van der Waals surface area contributed by atoms with E-state index in [1.54, 1.807) is 0 Å². The Bertz CT molecular complexity index is 336. The molecule has 0 saturated heterocycles. The Hall–Kier alpha value is -0.820. The van der Waals surface area contributed by atoms with E-state index in [4.69, 9.17) is 0 Å². The summed E-state index contributed by atoms with van der Waals surface area (Å²) in [7, 11) is 0. The Balaban J connectivity index is 1.88. The average Bonchev–Trinajstić information content (AvgIpc) is 2.35. The molecule has 1 fully saturated rings. The van der Waals surface area contributed by atoms with Gasteiger partial charge in [0.05, 0.1) is 0 Å². The highest BCUT2D eigenvalue weighted by molar-refractivity contribution is 5.15. The van der Waals surface area contributed by atoms with E-state index >= 15 is 0 Å². The fourth-order valence-electron chi connectivity index (χ4n) is 3.37. The van der Waals surface area contributed by atoms with E-state index in [9.17, 15) is 0 Å². The van der Waals surface area contributed by atoms with Crippen LogP contribution in [0.4, 0.5) is 0 Å². The Morgan fingerprint density at radius 3 is 2.33 bits per heavy atom. The van der Waals surface area contributed by atoms with Crippen molar-refractivity contribution in [3.8, 4) is 0 Å². The predicted octanol–water partition coefficient (Wildman–Crippen LogP) is 4.03. The first-order valence-electron chi connectivity index (χ1n) is 7.47. The second-order valence-corrected chi connectivity index (χ2v) is 6.17. The first-order valence-corrected chi connectivity index (χ1v) is 7.47. The highest BCUT2D eigenvalue weighted by Gasteiger charge is 2.28. The quantitative estimate of drug-likeness (QED) is 0.844. The molecule has 100 valence electrons. The molecule has 3 atom stereocenters. The minimum atomic E-state index is 0.570. The molecular formula is C17H27N. The van der Waals surface area contributed by atoms with Gasteiger partial charge in [0.15, 0.2) is 0 Å². The van der Waals surface area contributed by atoms with E-state index < -0.39 is 0 Å². The monoisotopic (exact) mass is 245 g/mol. The summed E-state index contributed by atoms with van der Waals surface area (Å²) in [5, 5.41) is 3.87. The number of benzene rings is 1. The molecule has 0 aromatic heterocycles. The molecule has 1 N–H and O–H groups in total. The van der Waals surface area contributed by atoms with Gasteiger partial charge in [-0.1, -0.05) is 50.6 Å². The topological polar surface area (TPSA) is 12.0 Å². The third kappa shape index (κ3) is 3.58. The van der Waals surface area contributed by atoms with Crippen LogP contribution in [0.2, 0.25) is 0 Å². The molecule has 1 heteroatoms. The van der Waals surface area contributed by atoms with Crippen LogP contribution < -0.4 is 5.32 Å². The summed E-state index contributed by atoms with van der Waals surface area (Å²) in [6, 6.07) is 12.1. The highest BCUT2D eigenvalue weighted by Crippen LogP contribution is 2.29. The zero-order valence-electron chi connectivity index (χ0n) is 12.0. The Morgan fingerprint density at radius 2 is 1.72 bits per heavy atom. The van der Waals surface area contributed by atoms with E-state index in [1.807, 2.05) is 0 Å². The van der Waals surface area contributed by atoms with E-state index in [2.05, 4.69) is 56.4 Å². The number of hydrogen-bond donors (Lipinski definition) is 1. The van der Waals surface area contributed by atoms with Crippen molar-refractivity contribution in [3.05, 3.63) is 35.9 Å². The number of rotatable bonds is 4. The summed E-state index contributed by atoms with van der Waals surface area (Å²) >= 11 is 0. The molecule has 0 spiro atoms. The summed E-state index contributed by atoms with van der Waals surface area (Å²) in [5.41, 5.74) is 1.44. The maximum absolute atomic E-state index is 3.87. The van der Waals surface area contributed by atoms with Gasteiger partial charge in [-0.3, -0.25) is 0 Å². The lowest BCUT2D eigenvalue weighted by Gasteiger charge is -2.37. The van der Waals surface area contributed by atoms with Crippen LogP contribution in [0.25, 0.3) is 0 Å². The van der Waals surface area contributed by atoms with Crippen molar-refractivity contribution in [1.29, 1.82) is 0 Å². The summed E-state index contributed by atoms with van der Waals surface area (Å²) in [6.45, 7) is 7.13. The minimum absolute atomic E-state index is 0.570. The first-order chi connectivity index (χ1) is 8.66. The van der Waals surface area contributed by atoms with Gasteiger partial charge in [0.25, 0.3) is 0 Å². The smallest absolute Gasteiger partial charge is 0.0121 e. The number of nitrogens with one attached hydrogen (secondary N) is 1. The Morgan fingerprint density at radius 1 is 1.11 bits per heavy atom. The zero-order chi connectivity index (χ0) is 13.0. The van der Waals surface area contributed by atoms with Gasteiger partial charge in [-0.2, -0.15) is 0 Å². The molecule has 3 unspecified atom stereocenters. The minimum Gasteiger partial charge on any atom is -0.311 e. The standard InChI is InChI=1S/C17H27N/c1-13-8-7-9-14(2)17(13)18-15(3)12-16-10-5-4-6-11-16/h4-6,10-11,13-15,17-18H,7-9,12H2,1-3H3. The molecule has 0 heterocycles. The molecule has 1 aromatic carbocycles. The van der Waals surface area contributed by atoms with E-state index in [-0.39, 0.29) is 0 Å². The largest absolute Gasteiger partial charge is 0.311 e. The molecular weight excluding hydrogens is 218 g/mol. The molecule has 0 aliphatic heterocycles. The van der Waals surface area contributed by atoms with Crippen molar-refractivity contribution >= 4 is 0 Å². The lowest BCUT2D eigenvalue weighted by Crippen LogP contribution is -2.47. The van der Waals surface area contributed by atoms with E-state index in [1.165, 1.54) is 24.8 Å². The molecule has 2 rings (SSSR count). The molecule has 0 amide bonds. The van der Waals surface area contributed by atoms with Gasteiger partial charge in [-0.05, 0) is 43.6 Å². The van der Waals surface area contributed by atoms with Crippen LogP contribution in [0.1, 0.15) is 45.6 Å². The lowest BCUT2D eigenvalue weighted by atomic mass is 9.78. The molecule has 0 radical (unpaired) electrons. The van der Waals surface area contributed by atoms with E-state index in [0.29, 0.717) is 12.1 Å². The van der Waals surface area contributed by atoms with Gasteiger partial charge in [-0.15, -0.1) is 0 Å². The van der Waals surface area contributed by atoms with Crippen LogP contribution in [0.15, 0.2) is 30.3 Å². The second kappa shape index (κ2) is 6.38. The maximum Gasteiger partial charge on any atom is 0.0121 e. The molecule has 18 heavy (non-hydrogen) atoms. The fraction of sp³-hybridized carbons (Fsp3) is 0.647. The van der Waals surface area contributed by atoms with Crippen LogP contribution in [-0.2, 0) is 6.42 Å². The van der Waals surface area contributed by atoms with Gasteiger partial charge in [-0.25, -0.2) is 0 Å². The Labute approximate surface area is 112 Å². The van der Waals surface area contributed by atoms with Crippen LogP contribution in [0.3, 0.4) is 0 Å². The molecule has 0 bridgehead atoms. The van der Waals surface area contributed by atoms with Crippen LogP contribution in [0, 0.1) is 11.8 Å². The molecule has 1 aliphatic rings. The fourth-order valence-corrected chi connectivity index (χ4v) is 3.37.